The van der Waals surface area contributed by atoms with Gasteiger partial charge in [0.25, 0.3) is 0 Å². The van der Waals surface area contributed by atoms with Crippen LogP contribution in [-0.4, -0.2) is 19.7 Å². The first-order valence-corrected chi connectivity index (χ1v) is 5.88. The number of hydroxylamine groups is 1. The Hall–Kier alpha value is -2.03. The van der Waals surface area contributed by atoms with Crippen LogP contribution in [0.25, 0.3) is 5.70 Å². The zero-order valence-electron chi connectivity index (χ0n) is 10.6. The third kappa shape index (κ3) is 3.98. The molecule has 1 aromatic carbocycles. The molecule has 100 valence electrons. The smallest absolute Gasteiger partial charge is 0.351 e. The molecule has 0 saturated heterocycles. The van der Waals surface area contributed by atoms with E-state index in [0.717, 1.165) is 0 Å². The van der Waals surface area contributed by atoms with Gasteiger partial charge in [-0.2, -0.15) is 5.26 Å². The first-order chi connectivity index (χ1) is 9.13. The van der Waals surface area contributed by atoms with Gasteiger partial charge >= 0.3 is 5.97 Å². The number of carbonyl (C=O) groups is 1. The standard InChI is InChI=1S/C13H13ClN2O3/c1-3-19-13(17)11(8-15)12(16-18-2)9-4-6-10(14)7-5-9/h4-7,16H,3H2,1-2H3/b12-11-. The SMILES string of the molecule is CCOC(=O)/C(C#N)=C(\NOC)c1ccc(Cl)cc1. The summed E-state index contributed by atoms with van der Waals surface area (Å²) in [5.74, 6) is -0.709. The summed E-state index contributed by atoms with van der Waals surface area (Å²) >= 11 is 5.79. The molecule has 0 aromatic heterocycles. The second kappa shape index (κ2) is 7.41. The first kappa shape index (κ1) is 15.0. The number of carbonyl (C=O) groups excluding carboxylic acids is 1. The Kier molecular flexibility index (Phi) is 5.86. The minimum atomic E-state index is -0.709. The number of nitriles is 1. The molecule has 0 atom stereocenters. The van der Waals surface area contributed by atoms with Crippen molar-refractivity contribution < 1.29 is 14.4 Å². The van der Waals surface area contributed by atoms with Gasteiger partial charge in [-0.05, 0) is 19.1 Å². The maximum Gasteiger partial charge on any atom is 0.351 e. The first-order valence-electron chi connectivity index (χ1n) is 5.50. The largest absolute Gasteiger partial charge is 0.462 e. The summed E-state index contributed by atoms with van der Waals surface area (Å²) in [6.45, 7) is 1.85. The van der Waals surface area contributed by atoms with E-state index in [1.165, 1.54) is 7.11 Å². The number of hydrogen-bond acceptors (Lipinski definition) is 5. The van der Waals surface area contributed by atoms with Gasteiger partial charge in [-0.3, -0.25) is 10.3 Å². The number of hydrogen-bond donors (Lipinski definition) is 1. The summed E-state index contributed by atoms with van der Waals surface area (Å²) in [6, 6.07) is 8.44. The maximum atomic E-state index is 11.7. The van der Waals surface area contributed by atoms with Crippen LogP contribution >= 0.6 is 11.6 Å². The van der Waals surface area contributed by atoms with Gasteiger partial charge in [0.2, 0.25) is 0 Å². The van der Waals surface area contributed by atoms with Crippen molar-refractivity contribution in [3.8, 4) is 6.07 Å². The van der Waals surface area contributed by atoms with Crippen molar-refractivity contribution >= 4 is 23.3 Å². The van der Waals surface area contributed by atoms with Crippen LogP contribution in [0.1, 0.15) is 12.5 Å². The van der Waals surface area contributed by atoms with Gasteiger partial charge in [0.15, 0.2) is 5.57 Å². The molecule has 1 aromatic rings. The molecule has 0 aliphatic heterocycles. The fourth-order valence-electron chi connectivity index (χ4n) is 1.38. The monoisotopic (exact) mass is 280 g/mol. The van der Waals surface area contributed by atoms with E-state index < -0.39 is 5.97 Å². The van der Waals surface area contributed by atoms with Crippen molar-refractivity contribution in [2.45, 2.75) is 6.92 Å². The van der Waals surface area contributed by atoms with E-state index in [2.05, 4.69) is 5.48 Å². The highest BCUT2D eigenvalue weighted by atomic mass is 35.5. The Morgan fingerprint density at radius 2 is 2.05 bits per heavy atom. The molecule has 0 fully saturated rings. The quantitative estimate of drug-likeness (QED) is 0.388. The Morgan fingerprint density at radius 1 is 1.42 bits per heavy atom. The van der Waals surface area contributed by atoms with E-state index in [-0.39, 0.29) is 17.9 Å². The zero-order chi connectivity index (χ0) is 14.3. The van der Waals surface area contributed by atoms with E-state index in [1.54, 1.807) is 31.2 Å². The van der Waals surface area contributed by atoms with E-state index in [1.807, 2.05) is 6.07 Å². The van der Waals surface area contributed by atoms with Crippen LogP contribution in [0, 0.1) is 11.3 Å². The second-order valence-electron chi connectivity index (χ2n) is 3.40. The number of nitrogens with one attached hydrogen (secondary N) is 1. The van der Waals surface area contributed by atoms with Crippen molar-refractivity contribution in [3.05, 3.63) is 40.4 Å². The molecule has 6 heteroatoms. The number of ether oxygens (including phenoxy) is 1. The molecule has 0 amide bonds. The normalized spacial score (nSPS) is 11.3. The highest BCUT2D eigenvalue weighted by Gasteiger charge is 2.18. The second-order valence-corrected chi connectivity index (χ2v) is 3.83. The number of nitrogens with zero attached hydrogens (tertiary/aromatic N) is 1. The molecule has 0 saturated carbocycles. The number of esters is 1. The van der Waals surface area contributed by atoms with Crippen molar-refractivity contribution in [1.82, 2.24) is 5.48 Å². The highest BCUT2D eigenvalue weighted by Crippen LogP contribution is 2.19. The van der Waals surface area contributed by atoms with Gasteiger partial charge in [-0.1, -0.05) is 23.7 Å². The molecule has 19 heavy (non-hydrogen) atoms. The summed E-state index contributed by atoms with van der Waals surface area (Å²) in [7, 11) is 1.38. The molecule has 0 spiro atoms. The van der Waals surface area contributed by atoms with Crippen LogP contribution in [0.5, 0.6) is 0 Å². The minimum absolute atomic E-state index is 0.161. The number of rotatable bonds is 5. The van der Waals surface area contributed by atoms with Gasteiger partial charge < -0.3 is 4.74 Å². The average molecular weight is 281 g/mol. The Bertz CT molecular complexity index is 518. The van der Waals surface area contributed by atoms with Gasteiger partial charge in [-0.15, -0.1) is 0 Å². The third-order valence-electron chi connectivity index (χ3n) is 2.18. The average Bonchev–Trinajstić information content (AvgIpc) is 2.40. The van der Waals surface area contributed by atoms with Crippen LogP contribution in [0.3, 0.4) is 0 Å². The summed E-state index contributed by atoms with van der Waals surface area (Å²) < 4.78 is 4.83. The highest BCUT2D eigenvalue weighted by molar-refractivity contribution is 6.30. The predicted octanol–water partition coefficient (Wildman–Crippen LogP) is 2.29. The third-order valence-corrected chi connectivity index (χ3v) is 2.43. The van der Waals surface area contributed by atoms with Crippen LogP contribution in [-0.2, 0) is 14.4 Å². The molecule has 1 rings (SSSR count). The molecule has 0 radical (unpaired) electrons. The molecule has 0 unspecified atom stereocenters. The van der Waals surface area contributed by atoms with Crippen molar-refractivity contribution in [2.24, 2.45) is 0 Å². The zero-order valence-corrected chi connectivity index (χ0v) is 11.3. The lowest BCUT2D eigenvalue weighted by Gasteiger charge is -2.11. The maximum absolute atomic E-state index is 11.7. The van der Waals surface area contributed by atoms with Crippen molar-refractivity contribution in [2.75, 3.05) is 13.7 Å². The molecule has 0 aliphatic rings. The molecule has 0 bridgehead atoms. The van der Waals surface area contributed by atoms with Gasteiger partial charge in [0.05, 0.1) is 19.4 Å². The van der Waals surface area contributed by atoms with Gasteiger partial charge in [0.1, 0.15) is 6.07 Å². The van der Waals surface area contributed by atoms with Gasteiger partial charge in [-0.25, -0.2) is 4.79 Å². The van der Waals surface area contributed by atoms with E-state index >= 15 is 0 Å². The summed E-state index contributed by atoms with van der Waals surface area (Å²) in [6.07, 6.45) is 0. The molecule has 0 aliphatic carbocycles. The lowest BCUT2D eigenvalue weighted by Crippen LogP contribution is -2.17. The van der Waals surface area contributed by atoms with Crippen LogP contribution in [0.4, 0.5) is 0 Å². The lowest BCUT2D eigenvalue weighted by atomic mass is 10.1. The summed E-state index contributed by atoms with van der Waals surface area (Å²) in [5.41, 5.74) is 3.19. The fourth-order valence-corrected chi connectivity index (χ4v) is 1.51. The summed E-state index contributed by atoms with van der Waals surface area (Å²) in [5, 5.41) is 9.66. The van der Waals surface area contributed by atoms with E-state index in [4.69, 9.17) is 26.4 Å². The molecular weight excluding hydrogens is 268 g/mol. The predicted molar refractivity (Wildman–Crippen MR) is 70.8 cm³/mol. The molecule has 0 heterocycles. The van der Waals surface area contributed by atoms with E-state index in [0.29, 0.717) is 10.6 Å². The molecular formula is C13H13ClN2O3. The Labute approximate surface area is 116 Å². The molecule has 1 N–H and O–H groups in total. The number of benzene rings is 1. The van der Waals surface area contributed by atoms with Crippen LogP contribution in [0.15, 0.2) is 29.8 Å². The Morgan fingerprint density at radius 3 is 2.53 bits per heavy atom. The fraction of sp³-hybridized carbons (Fsp3) is 0.231. The van der Waals surface area contributed by atoms with Crippen molar-refractivity contribution in [1.29, 1.82) is 5.26 Å². The van der Waals surface area contributed by atoms with Gasteiger partial charge in [0, 0.05) is 10.6 Å². The lowest BCUT2D eigenvalue weighted by molar-refractivity contribution is -0.138. The number of halogens is 1. The Balaban J connectivity index is 3.27. The van der Waals surface area contributed by atoms with Crippen molar-refractivity contribution in [3.63, 3.8) is 0 Å². The summed E-state index contributed by atoms with van der Waals surface area (Å²) in [4.78, 5) is 16.5. The van der Waals surface area contributed by atoms with Crippen LogP contribution in [0.2, 0.25) is 5.02 Å². The molecule has 5 nitrogen and oxygen atoms in total. The minimum Gasteiger partial charge on any atom is -0.462 e. The van der Waals surface area contributed by atoms with E-state index in [9.17, 15) is 4.79 Å². The topological polar surface area (TPSA) is 71.4 Å². The van der Waals surface area contributed by atoms with Crippen LogP contribution < -0.4 is 5.48 Å².